The number of H-pyrrole nitrogens is 1. The molecule has 0 aliphatic carbocycles. The maximum absolute atomic E-state index is 12.1. The first-order chi connectivity index (χ1) is 12.9. The summed E-state index contributed by atoms with van der Waals surface area (Å²) in [6, 6.07) is 1.09. The van der Waals surface area contributed by atoms with Crippen molar-refractivity contribution in [3.05, 3.63) is 33.1 Å². The lowest BCUT2D eigenvalue weighted by molar-refractivity contribution is -0.0620. The molecule has 0 aromatic carbocycles. The third kappa shape index (κ3) is 5.67. The fourth-order valence-electron chi connectivity index (χ4n) is 2.54. The Kier molecular flexibility index (Phi) is 7.54. The zero-order valence-electron chi connectivity index (χ0n) is 15.2. The molecule has 1 fully saturated rings. The average Bonchev–Trinajstić information content (AvgIpc) is 2.88. The number of phosphoric ester groups is 1. The zero-order chi connectivity index (χ0) is 21.3. The molecule has 28 heavy (non-hydrogen) atoms. The standard InChI is InChI=1S/C13H22N2O10P2S/c1-7(2)26(18,28)25-10-8(6-23-27(19,20)21)24-12(11(10)22-3)15-5-4-9(16)14-13(15)17/h4-5,7-8,10-12H,6H2,1-3H3,(H,18,28)(H,14,16,17)(H2,19,20,21)/t8-,10+,11?,12-,26?/m1/s1. The summed E-state index contributed by atoms with van der Waals surface area (Å²) in [4.78, 5) is 53.9. The van der Waals surface area contributed by atoms with Gasteiger partial charge in [0.05, 0.1) is 6.61 Å². The lowest BCUT2D eigenvalue weighted by atomic mass is 10.1. The van der Waals surface area contributed by atoms with Gasteiger partial charge in [-0.25, -0.2) is 9.36 Å². The zero-order valence-corrected chi connectivity index (χ0v) is 17.8. The van der Waals surface area contributed by atoms with Gasteiger partial charge in [-0.05, 0) is 11.8 Å². The van der Waals surface area contributed by atoms with Gasteiger partial charge in [-0.3, -0.25) is 18.9 Å². The van der Waals surface area contributed by atoms with Gasteiger partial charge in [0.2, 0.25) is 0 Å². The number of aromatic nitrogens is 2. The van der Waals surface area contributed by atoms with Gasteiger partial charge in [-0.2, -0.15) is 0 Å². The van der Waals surface area contributed by atoms with Crippen LogP contribution in [0.25, 0.3) is 0 Å². The fourth-order valence-corrected chi connectivity index (χ4v) is 4.03. The molecule has 2 unspecified atom stereocenters. The molecule has 4 N–H and O–H groups in total. The van der Waals surface area contributed by atoms with Gasteiger partial charge in [0, 0.05) is 25.0 Å². The van der Waals surface area contributed by atoms with Gasteiger partial charge >= 0.3 is 13.5 Å². The second-order valence-corrected chi connectivity index (χ2v) is 11.5. The Morgan fingerprint density at radius 1 is 1.32 bits per heavy atom. The summed E-state index contributed by atoms with van der Waals surface area (Å²) in [5.41, 5.74) is -1.83. The molecule has 1 aliphatic rings. The van der Waals surface area contributed by atoms with E-state index >= 15 is 0 Å². The van der Waals surface area contributed by atoms with Crippen molar-refractivity contribution in [2.45, 2.75) is 44.0 Å². The lowest BCUT2D eigenvalue weighted by Crippen LogP contribution is -2.40. The molecule has 0 amide bonds. The molecular formula is C13H22N2O10P2S. The van der Waals surface area contributed by atoms with Crippen molar-refractivity contribution in [3.63, 3.8) is 0 Å². The minimum atomic E-state index is -4.82. The number of phosphoric acid groups is 1. The summed E-state index contributed by atoms with van der Waals surface area (Å²) in [5.74, 6) is 0. The number of nitrogens with zero attached hydrogens (tertiary/aromatic N) is 1. The van der Waals surface area contributed by atoms with Crippen molar-refractivity contribution in [1.29, 1.82) is 0 Å². The molecule has 2 heterocycles. The third-order valence-corrected chi connectivity index (χ3v) is 7.87. The Bertz CT molecular complexity index is 896. The third-order valence-electron chi connectivity index (χ3n) is 4.02. The van der Waals surface area contributed by atoms with Gasteiger partial charge in [-0.15, -0.1) is 0 Å². The highest BCUT2D eigenvalue weighted by Crippen LogP contribution is 2.52. The lowest BCUT2D eigenvalue weighted by Gasteiger charge is -2.29. The summed E-state index contributed by atoms with van der Waals surface area (Å²) in [7, 11) is -3.52. The van der Waals surface area contributed by atoms with E-state index in [-0.39, 0.29) is 0 Å². The molecule has 1 saturated heterocycles. The second kappa shape index (κ2) is 8.97. The normalized spacial score (nSPS) is 27.8. The van der Waals surface area contributed by atoms with Crippen LogP contribution in [-0.4, -0.2) is 61.9 Å². The Hall–Kier alpha value is -0.720. The summed E-state index contributed by atoms with van der Waals surface area (Å²) < 4.78 is 33.3. The maximum atomic E-state index is 12.1. The maximum Gasteiger partial charge on any atom is 0.469 e. The number of ether oxygens (including phenoxy) is 2. The van der Waals surface area contributed by atoms with E-state index in [2.05, 4.69) is 9.51 Å². The highest BCUT2D eigenvalue weighted by Gasteiger charge is 2.50. The summed E-state index contributed by atoms with van der Waals surface area (Å²) in [6.07, 6.45) is -3.18. The molecule has 0 spiro atoms. The van der Waals surface area contributed by atoms with E-state index < -0.39 is 62.4 Å². The largest absolute Gasteiger partial charge is 0.469 e. The van der Waals surface area contributed by atoms with Gasteiger partial charge in [-0.1, -0.05) is 13.8 Å². The molecule has 2 rings (SSSR count). The predicted octanol–water partition coefficient (Wildman–Crippen LogP) is -0.346. The molecular weight excluding hydrogens is 438 g/mol. The number of methoxy groups -OCH3 is 1. The van der Waals surface area contributed by atoms with Crippen LogP contribution in [0.1, 0.15) is 20.1 Å². The van der Waals surface area contributed by atoms with Gasteiger partial charge in [0.25, 0.3) is 5.56 Å². The Morgan fingerprint density at radius 2 is 1.96 bits per heavy atom. The number of aromatic amines is 1. The van der Waals surface area contributed by atoms with Crippen LogP contribution in [-0.2, 0) is 34.9 Å². The van der Waals surface area contributed by atoms with Gasteiger partial charge in [0.1, 0.15) is 18.3 Å². The number of nitrogens with one attached hydrogen (secondary N) is 1. The Morgan fingerprint density at radius 3 is 2.46 bits per heavy atom. The molecule has 1 aromatic heterocycles. The first-order valence-electron chi connectivity index (χ1n) is 8.06. The predicted molar refractivity (Wildman–Crippen MR) is 101 cm³/mol. The highest BCUT2D eigenvalue weighted by molar-refractivity contribution is 8.09. The Labute approximate surface area is 164 Å². The van der Waals surface area contributed by atoms with Crippen LogP contribution in [0, 0.1) is 0 Å². The van der Waals surface area contributed by atoms with Crippen LogP contribution in [0.2, 0.25) is 0 Å². The van der Waals surface area contributed by atoms with E-state index in [4.69, 9.17) is 35.6 Å². The summed E-state index contributed by atoms with van der Waals surface area (Å²) in [6.45, 7) is -0.627. The molecule has 0 saturated carbocycles. The average molecular weight is 460 g/mol. The van der Waals surface area contributed by atoms with Crippen LogP contribution in [0.15, 0.2) is 21.9 Å². The van der Waals surface area contributed by atoms with Crippen molar-refractivity contribution in [2.75, 3.05) is 13.7 Å². The van der Waals surface area contributed by atoms with Crippen molar-refractivity contribution >= 4 is 26.1 Å². The van der Waals surface area contributed by atoms with Crippen molar-refractivity contribution in [2.24, 2.45) is 0 Å². The molecule has 0 radical (unpaired) electrons. The van der Waals surface area contributed by atoms with E-state index in [1.54, 1.807) is 13.8 Å². The van der Waals surface area contributed by atoms with E-state index in [0.29, 0.717) is 0 Å². The Balaban J connectivity index is 2.41. The molecule has 5 atom stereocenters. The smallest absolute Gasteiger partial charge is 0.374 e. The van der Waals surface area contributed by atoms with E-state index in [0.717, 1.165) is 10.6 Å². The topological polar surface area (TPSA) is 170 Å². The van der Waals surface area contributed by atoms with Crippen LogP contribution in [0.5, 0.6) is 0 Å². The van der Waals surface area contributed by atoms with Crippen LogP contribution >= 0.6 is 14.3 Å². The van der Waals surface area contributed by atoms with E-state index in [1.807, 2.05) is 0 Å². The van der Waals surface area contributed by atoms with Gasteiger partial charge in [0.15, 0.2) is 12.7 Å². The highest BCUT2D eigenvalue weighted by atomic mass is 32.5. The molecule has 12 nitrogen and oxygen atoms in total. The molecule has 1 aromatic rings. The van der Waals surface area contributed by atoms with Crippen LogP contribution < -0.4 is 11.2 Å². The first kappa shape index (κ1) is 23.6. The minimum absolute atomic E-state index is 0.418. The second-order valence-electron chi connectivity index (χ2n) is 6.30. The number of hydrogen-bond acceptors (Lipinski definition) is 8. The number of hydrogen-bond donors (Lipinski definition) is 4. The quantitative estimate of drug-likeness (QED) is 0.374. The fraction of sp³-hybridized carbons (Fsp3) is 0.692. The molecule has 160 valence electrons. The van der Waals surface area contributed by atoms with Gasteiger partial charge < -0.3 is 28.7 Å². The first-order valence-corrected chi connectivity index (χ1v) is 12.3. The van der Waals surface area contributed by atoms with Crippen molar-refractivity contribution in [1.82, 2.24) is 9.55 Å². The van der Waals surface area contributed by atoms with E-state index in [1.165, 1.54) is 13.3 Å². The monoisotopic (exact) mass is 460 g/mol. The van der Waals surface area contributed by atoms with E-state index in [9.17, 15) is 19.0 Å². The molecule has 1 aliphatic heterocycles. The molecule has 15 heteroatoms. The number of rotatable bonds is 8. The SMILES string of the molecule is COC1[C@@H](OP(O)(=S)C(C)C)[C@@H](COP(=O)(O)O)O[C@H]1n1ccc(=O)[nH]c1=O. The van der Waals surface area contributed by atoms with Crippen LogP contribution in [0.4, 0.5) is 0 Å². The minimum Gasteiger partial charge on any atom is -0.374 e. The van der Waals surface area contributed by atoms with Crippen LogP contribution in [0.3, 0.4) is 0 Å². The summed E-state index contributed by atoms with van der Waals surface area (Å²) >= 11 is 5.14. The summed E-state index contributed by atoms with van der Waals surface area (Å²) in [5, 5.41) is 0. The molecule has 0 bridgehead atoms. The van der Waals surface area contributed by atoms with Crippen molar-refractivity contribution in [3.8, 4) is 0 Å². The van der Waals surface area contributed by atoms with Crippen molar-refractivity contribution < 1.29 is 37.8 Å².